The van der Waals surface area contributed by atoms with Gasteiger partial charge in [-0.1, -0.05) is 24.3 Å². The number of thiazole rings is 1. The highest BCUT2D eigenvalue weighted by Gasteiger charge is 2.09. The number of aryl methyl sites for hydroxylation is 2. The van der Waals surface area contributed by atoms with Crippen LogP contribution in [-0.4, -0.2) is 29.9 Å². The van der Waals surface area contributed by atoms with Gasteiger partial charge in [-0.05, 0) is 38.0 Å². The molecule has 2 heterocycles. The summed E-state index contributed by atoms with van der Waals surface area (Å²) in [7, 11) is 0. The van der Waals surface area contributed by atoms with E-state index in [2.05, 4.69) is 45.3 Å². The Morgan fingerprint density at radius 2 is 1.81 bits per heavy atom. The van der Waals surface area contributed by atoms with Crippen molar-refractivity contribution in [2.75, 3.05) is 13.1 Å². The van der Waals surface area contributed by atoms with Gasteiger partial charge in [0.1, 0.15) is 0 Å². The van der Waals surface area contributed by atoms with E-state index in [1.54, 1.807) is 17.4 Å². The van der Waals surface area contributed by atoms with Gasteiger partial charge < -0.3 is 10.6 Å². The van der Waals surface area contributed by atoms with Crippen LogP contribution in [0.2, 0.25) is 0 Å². The molecule has 0 unspecified atom stereocenters. The van der Waals surface area contributed by atoms with Crippen LogP contribution in [0.3, 0.4) is 0 Å². The average molecular weight is 400 g/mol. The lowest BCUT2D eigenvalue weighted by molar-refractivity contribution is -0.120. The molecule has 0 atom stereocenters. The summed E-state index contributed by atoms with van der Waals surface area (Å²) in [6.45, 7) is 4.45. The first-order valence-electron chi connectivity index (χ1n) is 8.64. The van der Waals surface area contributed by atoms with E-state index < -0.39 is 0 Å². The van der Waals surface area contributed by atoms with E-state index >= 15 is 0 Å². The molecule has 0 bridgehead atoms. The van der Waals surface area contributed by atoms with Crippen molar-refractivity contribution in [2.24, 2.45) is 0 Å². The monoisotopic (exact) mass is 399 g/mol. The van der Waals surface area contributed by atoms with Crippen molar-refractivity contribution in [3.63, 3.8) is 0 Å². The summed E-state index contributed by atoms with van der Waals surface area (Å²) in [5.74, 6) is -0.401. The molecular formula is C20H21N3O2S2. The summed E-state index contributed by atoms with van der Waals surface area (Å²) >= 11 is 3.05. The lowest BCUT2D eigenvalue weighted by Crippen LogP contribution is -2.37. The van der Waals surface area contributed by atoms with Crippen molar-refractivity contribution < 1.29 is 9.59 Å². The Morgan fingerprint density at radius 1 is 1.04 bits per heavy atom. The zero-order valence-electron chi connectivity index (χ0n) is 15.2. The number of rotatable bonds is 7. The van der Waals surface area contributed by atoms with E-state index in [9.17, 15) is 9.59 Å². The fraction of sp³-hybridized carbons (Fsp3) is 0.250. The van der Waals surface area contributed by atoms with Gasteiger partial charge in [0.2, 0.25) is 5.91 Å². The third-order valence-electron chi connectivity index (χ3n) is 3.98. The van der Waals surface area contributed by atoms with Crippen molar-refractivity contribution in [1.29, 1.82) is 0 Å². The predicted octanol–water partition coefficient (Wildman–Crippen LogP) is 3.58. The van der Waals surface area contributed by atoms with Gasteiger partial charge in [-0.3, -0.25) is 9.59 Å². The minimum atomic E-state index is -0.212. The molecule has 140 valence electrons. The molecule has 27 heavy (non-hydrogen) atoms. The Morgan fingerprint density at radius 3 is 2.44 bits per heavy atom. The number of nitrogens with one attached hydrogen (secondary N) is 2. The highest BCUT2D eigenvalue weighted by molar-refractivity contribution is 7.13. The second kappa shape index (κ2) is 8.92. The Bertz CT molecular complexity index is 929. The van der Waals surface area contributed by atoms with Crippen LogP contribution in [0.1, 0.15) is 25.1 Å². The van der Waals surface area contributed by atoms with Crippen LogP contribution >= 0.6 is 22.7 Å². The summed E-state index contributed by atoms with van der Waals surface area (Å²) in [4.78, 5) is 30.0. The predicted molar refractivity (Wildman–Crippen MR) is 110 cm³/mol. The molecule has 0 aliphatic heterocycles. The van der Waals surface area contributed by atoms with Crippen molar-refractivity contribution in [2.45, 2.75) is 20.3 Å². The van der Waals surface area contributed by atoms with E-state index in [1.807, 2.05) is 19.9 Å². The number of aromatic nitrogens is 1. The summed E-state index contributed by atoms with van der Waals surface area (Å²) in [5.41, 5.74) is 3.23. The Labute approximate surface area is 166 Å². The first-order valence-corrected chi connectivity index (χ1v) is 10.3. The second-order valence-corrected chi connectivity index (χ2v) is 8.49. The van der Waals surface area contributed by atoms with Gasteiger partial charge in [0.15, 0.2) is 0 Å². The minimum absolute atomic E-state index is 0.0160. The Kier molecular flexibility index (Phi) is 6.36. The minimum Gasteiger partial charge on any atom is -0.354 e. The molecule has 3 rings (SSSR count). The number of benzene rings is 1. The summed E-state index contributed by atoms with van der Waals surface area (Å²) in [6.07, 6.45) is 0.736. The van der Waals surface area contributed by atoms with Crippen molar-refractivity contribution in [3.05, 3.63) is 62.1 Å². The Balaban J connectivity index is 1.40. The molecule has 0 fully saturated rings. The lowest BCUT2D eigenvalue weighted by atomic mass is 10.1. The van der Waals surface area contributed by atoms with E-state index in [0.717, 1.165) is 33.1 Å². The maximum Gasteiger partial charge on any atom is 0.261 e. The molecule has 2 aromatic heterocycles. The molecular weight excluding hydrogens is 378 g/mol. The summed E-state index contributed by atoms with van der Waals surface area (Å²) in [6, 6.07) is 11.9. The first kappa shape index (κ1) is 19.3. The molecule has 0 saturated heterocycles. The smallest absolute Gasteiger partial charge is 0.261 e. The third kappa shape index (κ3) is 5.48. The van der Waals surface area contributed by atoms with Crippen LogP contribution in [0.5, 0.6) is 0 Å². The van der Waals surface area contributed by atoms with Gasteiger partial charge in [0.25, 0.3) is 5.91 Å². The lowest BCUT2D eigenvalue weighted by Gasteiger charge is -2.07. The van der Waals surface area contributed by atoms with Crippen LogP contribution in [0.4, 0.5) is 0 Å². The van der Waals surface area contributed by atoms with Crippen LogP contribution in [0.15, 0.2) is 41.8 Å². The van der Waals surface area contributed by atoms with Gasteiger partial charge in [0.05, 0.1) is 22.1 Å². The van der Waals surface area contributed by atoms with Gasteiger partial charge >= 0.3 is 0 Å². The van der Waals surface area contributed by atoms with E-state index in [-0.39, 0.29) is 18.4 Å². The van der Waals surface area contributed by atoms with Crippen LogP contribution in [-0.2, 0) is 11.2 Å². The summed E-state index contributed by atoms with van der Waals surface area (Å²) in [5, 5.41) is 8.58. The van der Waals surface area contributed by atoms with Gasteiger partial charge in [-0.2, -0.15) is 0 Å². The van der Waals surface area contributed by atoms with Gasteiger partial charge in [-0.15, -0.1) is 22.7 Å². The van der Waals surface area contributed by atoms with E-state index in [0.29, 0.717) is 11.4 Å². The molecule has 0 aliphatic rings. The number of carbonyl (C=O) groups excluding carboxylic acids is 2. The standard InChI is InChI=1S/C20H21N3O2S2/c1-13-3-8-18(27-13)20(25)22-11-19(24)21-10-9-15-4-6-16(7-5-15)17-12-26-14(2)23-17/h3-8,12H,9-11H2,1-2H3,(H,21,24)(H,22,25). The van der Waals surface area contributed by atoms with Gasteiger partial charge in [0, 0.05) is 22.4 Å². The molecule has 5 nitrogen and oxygen atoms in total. The highest BCUT2D eigenvalue weighted by atomic mass is 32.1. The molecule has 1 aromatic carbocycles. The van der Waals surface area contributed by atoms with Gasteiger partial charge in [-0.25, -0.2) is 4.98 Å². The molecule has 2 N–H and O–H groups in total. The quantitative estimate of drug-likeness (QED) is 0.638. The number of hydrogen-bond acceptors (Lipinski definition) is 5. The van der Waals surface area contributed by atoms with Crippen LogP contribution < -0.4 is 10.6 Å². The SMILES string of the molecule is Cc1ccc(C(=O)NCC(=O)NCCc2ccc(-c3csc(C)n3)cc2)s1. The van der Waals surface area contributed by atoms with Crippen molar-refractivity contribution in [3.8, 4) is 11.3 Å². The zero-order chi connectivity index (χ0) is 19.2. The molecule has 0 saturated carbocycles. The summed E-state index contributed by atoms with van der Waals surface area (Å²) < 4.78 is 0. The highest BCUT2D eigenvalue weighted by Crippen LogP contribution is 2.21. The molecule has 2 amide bonds. The fourth-order valence-electron chi connectivity index (χ4n) is 2.55. The zero-order valence-corrected chi connectivity index (χ0v) is 16.9. The average Bonchev–Trinajstić information content (AvgIpc) is 3.29. The third-order valence-corrected chi connectivity index (χ3v) is 5.75. The van der Waals surface area contributed by atoms with Crippen molar-refractivity contribution >= 4 is 34.5 Å². The molecule has 0 aliphatic carbocycles. The normalized spacial score (nSPS) is 10.6. The molecule has 7 heteroatoms. The first-order chi connectivity index (χ1) is 13.0. The molecule has 0 spiro atoms. The van der Waals surface area contributed by atoms with E-state index in [1.165, 1.54) is 11.3 Å². The maximum absolute atomic E-state index is 11.9. The van der Waals surface area contributed by atoms with Crippen molar-refractivity contribution in [1.82, 2.24) is 15.6 Å². The number of thiophene rings is 1. The number of hydrogen-bond donors (Lipinski definition) is 2. The molecule has 3 aromatic rings. The van der Waals surface area contributed by atoms with Crippen LogP contribution in [0.25, 0.3) is 11.3 Å². The second-order valence-electron chi connectivity index (χ2n) is 6.14. The van der Waals surface area contributed by atoms with E-state index in [4.69, 9.17) is 0 Å². The van der Waals surface area contributed by atoms with Crippen LogP contribution in [0, 0.1) is 13.8 Å². The number of carbonyl (C=O) groups is 2. The largest absolute Gasteiger partial charge is 0.354 e. The fourth-order valence-corrected chi connectivity index (χ4v) is 3.96. The maximum atomic E-state index is 11.9. The molecule has 0 radical (unpaired) electrons. The topological polar surface area (TPSA) is 71.1 Å². The number of amides is 2. The number of nitrogens with zero attached hydrogens (tertiary/aromatic N) is 1. The Hall–Kier alpha value is -2.51.